The number of hydrogen-bond donors (Lipinski definition) is 1. The van der Waals surface area contributed by atoms with Gasteiger partial charge in [-0.1, -0.05) is 42.5 Å². The fourth-order valence-corrected chi connectivity index (χ4v) is 2.46. The van der Waals surface area contributed by atoms with Gasteiger partial charge in [0.1, 0.15) is 5.82 Å². The molecule has 0 radical (unpaired) electrons. The summed E-state index contributed by atoms with van der Waals surface area (Å²) < 4.78 is 2.09. The molecule has 0 saturated carbocycles. The first kappa shape index (κ1) is 11.9. The van der Waals surface area contributed by atoms with Gasteiger partial charge in [-0.3, -0.25) is 0 Å². The zero-order valence-electron chi connectivity index (χ0n) is 11.0. The maximum Gasteiger partial charge on any atom is 0.126 e. The number of aryl methyl sites for hydroxylation is 1. The summed E-state index contributed by atoms with van der Waals surface area (Å²) in [4.78, 5) is 4.65. The van der Waals surface area contributed by atoms with Gasteiger partial charge in [0.25, 0.3) is 0 Å². The van der Waals surface area contributed by atoms with Gasteiger partial charge in [-0.2, -0.15) is 0 Å². The predicted octanol–water partition coefficient (Wildman–Crippen LogP) is 2.82. The summed E-state index contributed by atoms with van der Waals surface area (Å²) in [5.74, 6) is 0.935. The molecule has 19 heavy (non-hydrogen) atoms. The summed E-state index contributed by atoms with van der Waals surface area (Å²) in [6, 6.07) is 18.3. The van der Waals surface area contributed by atoms with Crippen LogP contribution in [-0.4, -0.2) is 9.55 Å². The lowest BCUT2D eigenvalue weighted by Crippen LogP contribution is -2.17. The number of rotatable bonds is 3. The highest BCUT2D eigenvalue weighted by Crippen LogP contribution is 2.20. The molecule has 1 aromatic heterocycles. The van der Waals surface area contributed by atoms with Crippen molar-refractivity contribution >= 4 is 11.0 Å². The van der Waals surface area contributed by atoms with Crippen LogP contribution in [0.4, 0.5) is 0 Å². The van der Waals surface area contributed by atoms with Gasteiger partial charge in [-0.15, -0.1) is 0 Å². The second-order valence-electron chi connectivity index (χ2n) is 4.81. The third-order valence-electron chi connectivity index (χ3n) is 3.45. The van der Waals surface area contributed by atoms with Crippen LogP contribution in [0.1, 0.15) is 17.4 Å². The topological polar surface area (TPSA) is 43.8 Å². The molecule has 2 N–H and O–H groups in total. The minimum absolute atomic E-state index is 0.0835. The number of nitrogens with two attached hydrogens (primary N) is 1. The summed E-state index contributed by atoms with van der Waals surface area (Å²) in [7, 11) is 2.02. The van der Waals surface area contributed by atoms with Gasteiger partial charge in [0.05, 0.1) is 17.1 Å². The Bertz CT molecular complexity index is 686. The van der Waals surface area contributed by atoms with Gasteiger partial charge in [-0.05, 0) is 24.1 Å². The highest BCUT2D eigenvalue weighted by Gasteiger charge is 2.14. The van der Waals surface area contributed by atoms with E-state index in [1.165, 1.54) is 5.56 Å². The van der Waals surface area contributed by atoms with Crippen molar-refractivity contribution in [1.82, 2.24) is 9.55 Å². The maximum absolute atomic E-state index is 6.31. The Morgan fingerprint density at radius 2 is 1.74 bits per heavy atom. The smallest absolute Gasteiger partial charge is 0.126 e. The molecule has 0 aliphatic rings. The van der Waals surface area contributed by atoms with Crippen LogP contribution in [0.5, 0.6) is 0 Å². The molecule has 0 bridgehead atoms. The molecule has 2 aromatic carbocycles. The Morgan fingerprint density at radius 1 is 1.05 bits per heavy atom. The first-order valence-electron chi connectivity index (χ1n) is 6.46. The molecule has 0 aliphatic heterocycles. The van der Waals surface area contributed by atoms with Crippen molar-refractivity contribution < 1.29 is 0 Å². The molecule has 3 heteroatoms. The predicted molar refractivity (Wildman–Crippen MR) is 77.8 cm³/mol. The number of para-hydroxylation sites is 2. The molecule has 0 unspecified atom stereocenters. The summed E-state index contributed by atoms with van der Waals surface area (Å²) in [5.41, 5.74) is 9.68. The van der Waals surface area contributed by atoms with Crippen molar-refractivity contribution in [3.05, 3.63) is 66.0 Å². The van der Waals surface area contributed by atoms with Gasteiger partial charge in [0.15, 0.2) is 0 Å². The Labute approximate surface area is 112 Å². The normalized spacial score (nSPS) is 12.7. The van der Waals surface area contributed by atoms with Crippen molar-refractivity contribution in [3.8, 4) is 0 Å². The Balaban J connectivity index is 1.93. The highest BCUT2D eigenvalue weighted by atomic mass is 15.1. The summed E-state index contributed by atoms with van der Waals surface area (Å²) in [5, 5.41) is 0. The first-order chi connectivity index (χ1) is 9.25. The minimum Gasteiger partial charge on any atom is -0.330 e. The zero-order chi connectivity index (χ0) is 13.2. The molecular formula is C16H17N3. The zero-order valence-corrected chi connectivity index (χ0v) is 11.0. The van der Waals surface area contributed by atoms with Crippen molar-refractivity contribution in [2.45, 2.75) is 12.5 Å². The number of hydrogen-bond acceptors (Lipinski definition) is 2. The van der Waals surface area contributed by atoms with Crippen LogP contribution in [0.3, 0.4) is 0 Å². The largest absolute Gasteiger partial charge is 0.330 e. The maximum atomic E-state index is 6.31. The van der Waals surface area contributed by atoms with E-state index in [1.807, 2.05) is 43.4 Å². The Hall–Kier alpha value is -2.13. The molecular weight excluding hydrogens is 234 g/mol. The lowest BCUT2D eigenvalue weighted by atomic mass is 10.1. The molecule has 0 fully saturated rings. The molecule has 1 heterocycles. The lowest BCUT2D eigenvalue weighted by Gasteiger charge is -2.11. The number of imidazole rings is 1. The Morgan fingerprint density at radius 3 is 2.47 bits per heavy atom. The second-order valence-corrected chi connectivity index (χ2v) is 4.81. The summed E-state index contributed by atoms with van der Waals surface area (Å²) in [6.07, 6.45) is 0.804. The van der Waals surface area contributed by atoms with Crippen molar-refractivity contribution in [3.63, 3.8) is 0 Å². The quantitative estimate of drug-likeness (QED) is 0.778. The van der Waals surface area contributed by atoms with Crippen LogP contribution in [0.2, 0.25) is 0 Å². The first-order valence-corrected chi connectivity index (χ1v) is 6.46. The van der Waals surface area contributed by atoms with Crippen LogP contribution in [-0.2, 0) is 13.5 Å². The van der Waals surface area contributed by atoms with E-state index >= 15 is 0 Å². The standard InChI is InChI=1S/C16H17N3/c1-19-15-10-6-5-9-14(15)18-16(19)13(17)11-12-7-3-2-4-8-12/h2-10,13H,11,17H2,1H3/t13-/m1/s1. The fraction of sp³-hybridized carbons (Fsp3) is 0.188. The van der Waals surface area contributed by atoms with E-state index in [2.05, 4.69) is 27.8 Å². The molecule has 0 saturated heterocycles. The molecule has 3 nitrogen and oxygen atoms in total. The van der Waals surface area contributed by atoms with Gasteiger partial charge in [0.2, 0.25) is 0 Å². The second kappa shape index (κ2) is 4.86. The molecule has 3 aromatic rings. The van der Waals surface area contributed by atoms with Crippen LogP contribution < -0.4 is 5.73 Å². The van der Waals surface area contributed by atoms with Crippen LogP contribution >= 0.6 is 0 Å². The van der Waals surface area contributed by atoms with E-state index in [9.17, 15) is 0 Å². The number of nitrogens with zero attached hydrogens (tertiary/aromatic N) is 2. The minimum atomic E-state index is -0.0835. The highest BCUT2D eigenvalue weighted by molar-refractivity contribution is 5.75. The lowest BCUT2D eigenvalue weighted by molar-refractivity contribution is 0.638. The van der Waals surface area contributed by atoms with Gasteiger partial charge < -0.3 is 10.3 Å². The Kier molecular flexibility index (Phi) is 3.05. The van der Waals surface area contributed by atoms with E-state index in [0.29, 0.717) is 0 Å². The molecule has 0 spiro atoms. The van der Waals surface area contributed by atoms with Gasteiger partial charge in [-0.25, -0.2) is 4.98 Å². The van der Waals surface area contributed by atoms with Crippen LogP contribution in [0.25, 0.3) is 11.0 Å². The number of benzene rings is 2. The average molecular weight is 251 g/mol. The van der Waals surface area contributed by atoms with E-state index < -0.39 is 0 Å². The van der Waals surface area contributed by atoms with E-state index in [1.54, 1.807) is 0 Å². The fourth-order valence-electron chi connectivity index (χ4n) is 2.46. The summed E-state index contributed by atoms with van der Waals surface area (Å²) in [6.45, 7) is 0. The van der Waals surface area contributed by atoms with Gasteiger partial charge in [0, 0.05) is 7.05 Å². The molecule has 0 aliphatic carbocycles. The SMILES string of the molecule is Cn1c([C@H](N)Cc2ccccc2)nc2ccccc21. The third kappa shape index (κ3) is 2.25. The van der Waals surface area contributed by atoms with E-state index in [-0.39, 0.29) is 6.04 Å². The van der Waals surface area contributed by atoms with E-state index in [4.69, 9.17) is 5.73 Å². The van der Waals surface area contributed by atoms with Crippen LogP contribution in [0.15, 0.2) is 54.6 Å². The van der Waals surface area contributed by atoms with E-state index in [0.717, 1.165) is 23.3 Å². The molecule has 96 valence electrons. The molecule has 1 atom stereocenters. The number of fused-ring (bicyclic) bond motifs is 1. The molecule has 0 amide bonds. The van der Waals surface area contributed by atoms with Crippen LogP contribution in [0, 0.1) is 0 Å². The van der Waals surface area contributed by atoms with Crippen molar-refractivity contribution in [2.24, 2.45) is 12.8 Å². The van der Waals surface area contributed by atoms with Gasteiger partial charge >= 0.3 is 0 Å². The number of aromatic nitrogens is 2. The molecule has 3 rings (SSSR count). The summed E-state index contributed by atoms with van der Waals surface area (Å²) >= 11 is 0. The third-order valence-corrected chi connectivity index (χ3v) is 3.45. The monoisotopic (exact) mass is 251 g/mol. The van der Waals surface area contributed by atoms with Crippen molar-refractivity contribution in [2.75, 3.05) is 0 Å². The van der Waals surface area contributed by atoms with Crippen molar-refractivity contribution in [1.29, 1.82) is 0 Å². The average Bonchev–Trinajstić information content (AvgIpc) is 2.78.